The van der Waals surface area contributed by atoms with Crippen LogP contribution in [0, 0.1) is 0 Å². The van der Waals surface area contributed by atoms with Crippen molar-refractivity contribution in [3.05, 3.63) is 48.6 Å². The average Bonchev–Trinajstić information content (AvgIpc) is 3.41. The lowest BCUT2D eigenvalue weighted by Gasteiger charge is -2.18. The molecule has 0 bridgehead atoms. The van der Waals surface area contributed by atoms with Gasteiger partial charge in [0.15, 0.2) is 6.10 Å². The molecule has 0 N–H and O–H groups in total. The summed E-state index contributed by atoms with van der Waals surface area (Å²) in [6.45, 7) is 6.59. The minimum absolute atomic E-state index is 0.0776. The van der Waals surface area contributed by atoms with Crippen LogP contribution in [0.4, 0.5) is 0 Å². The Hall–Kier alpha value is -2.63. The molecule has 0 aliphatic heterocycles. The van der Waals surface area contributed by atoms with E-state index in [1.54, 1.807) is 0 Å². The number of rotatable bonds is 61. The van der Waals surface area contributed by atoms with Crippen LogP contribution in [0.2, 0.25) is 0 Å². The predicted octanol–water partition coefficient (Wildman–Crippen LogP) is 22.6. The number of ether oxygens (including phenoxy) is 3. The van der Waals surface area contributed by atoms with Crippen LogP contribution in [-0.4, -0.2) is 37.2 Å². The van der Waals surface area contributed by atoms with Gasteiger partial charge in [-0.3, -0.25) is 14.4 Å². The highest BCUT2D eigenvalue weighted by molar-refractivity contribution is 5.71. The highest BCUT2D eigenvalue weighted by Crippen LogP contribution is 2.18. The fourth-order valence-electron chi connectivity index (χ4n) is 9.81. The van der Waals surface area contributed by atoms with Gasteiger partial charge < -0.3 is 14.2 Å². The molecule has 0 rings (SSSR count). The normalized spacial score (nSPS) is 12.3. The number of hydrogen-bond donors (Lipinski definition) is 0. The zero-order valence-corrected chi connectivity index (χ0v) is 50.3. The second-order valence-electron chi connectivity index (χ2n) is 22.4. The van der Waals surface area contributed by atoms with Crippen molar-refractivity contribution in [3.8, 4) is 0 Å². The first-order chi connectivity index (χ1) is 37.0. The summed E-state index contributed by atoms with van der Waals surface area (Å²) in [5.41, 5.74) is 0. The highest BCUT2D eigenvalue weighted by Gasteiger charge is 2.19. The lowest BCUT2D eigenvalue weighted by Crippen LogP contribution is -2.30. The first-order valence-corrected chi connectivity index (χ1v) is 33.1. The zero-order chi connectivity index (χ0) is 54.3. The van der Waals surface area contributed by atoms with E-state index in [-0.39, 0.29) is 31.1 Å². The molecule has 75 heavy (non-hydrogen) atoms. The van der Waals surface area contributed by atoms with Crippen molar-refractivity contribution in [2.45, 2.75) is 361 Å². The first-order valence-electron chi connectivity index (χ1n) is 33.1. The van der Waals surface area contributed by atoms with E-state index < -0.39 is 6.10 Å². The molecule has 6 nitrogen and oxygen atoms in total. The van der Waals surface area contributed by atoms with Crippen molar-refractivity contribution in [1.29, 1.82) is 0 Å². The largest absolute Gasteiger partial charge is 0.462 e. The van der Waals surface area contributed by atoms with Gasteiger partial charge in [0.1, 0.15) is 13.2 Å². The SMILES string of the molecule is CCC/C=C\C/C=C\CCCCCCCC(=O)OCC(COC(=O)CCCCCCCCCCCCCCCCCCCCCCCCCCCCC)OC(=O)CCCCCCCCC/C=C\C/C=C\CCCCC. The second-order valence-corrected chi connectivity index (χ2v) is 22.4. The molecule has 1 unspecified atom stereocenters. The third-order valence-electron chi connectivity index (χ3n) is 14.8. The van der Waals surface area contributed by atoms with E-state index in [4.69, 9.17) is 14.2 Å². The van der Waals surface area contributed by atoms with Gasteiger partial charge in [-0.15, -0.1) is 0 Å². The molecule has 6 heteroatoms. The Kier molecular flexibility index (Phi) is 61.7. The van der Waals surface area contributed by atoms with Gasteiger partial charge in [0.05, 0.1) is 0 Å². The zero-order valence-electron chi connectivity index (χ0n) is 50.3. The maximum Gasteiger partial charge on any atom is 0.306 e. The Morgan fingerprint density at radius 2 is 0.507 bits per heavy atom. The summed E-state index contributed by atoms with van der Waals surface area (Å²) in [5.74, 6) is -0.880. The van der Waals surface area contributed by atoms with Crippen LogP contribution in [0.3, 0.4) is 0 Å². The smallest absolute Gasteiger partial charge is 0.306 e. The van der Waals surface area contributed by atoms with Crippen molar-refractivity contribution >= 4 is 17.9 Å². The summed E-state index contributed by atoms with van der Waals surface area (Å²) in [6.07, 6.45) is 79.9. The van der Waals surface area contributed by atoms with E-state index in [9.17, 15) is 14.4 Å². The number of hydrogen-bond acceptors (Lipinski definition) is 6. The van der Waals surface area contributed by atoms with E-state index in [1.165, 1.54) is 218 Å². The van der Waals surface area contributed by atoms with E-state index in [0.717, 1.165) is 96.3 Å². The number of allylic oxidation sites excluding steroid dienone is 8. The molecule has 0 aliphatic carbocycles. The van der Waals surface area contributed by atoms with Crippen molar-refractivity contribution < 1.29 is 28.6 Å². The van der Waals surface area contributed by atoms with Crippen LogP contribution in [0.1, 0.15) is 355 Å². The molecule has 0 saturated heterocycles. The Morgan fingerprint density at radius 3 is 0.813 bits per heavy atom. The van der Waals surface area contributed by atoms with Gasteiger partial charge in [-0.05, 0) is 77.0 Å². The third kappa shape index (κ3) is 62.1. The summed E-state index contributed by atoms with van der Waals surface area (Å²) in [5, 5.41) is 0. The molecule has 0 saturated carbocycles. The fourth-order valence-corrected chi connectivity index (χ4v) is 9.81. The van der Waals surface area contributed by atoms with Crippen LogP contribution in [0.15, 0.2) is 48.6 Å². The molecule has 0 aromatic rings. The summed E-state index contributed by atoms with van der Waals surface area (Å²) >= 11 is 0. The maximum absolute atomic E-state index is 12.9. The van der Waals surface area contributed by atoms with Gasteiger partial charge in [-0.25, -0.2) is 0 Å². The van der Waals surface area contributed by atoms with Crippen molar-refractivity contribution in [2.24, 2.45) is 0 Å². The molecule has 1 atom stereocenters. The van der Waals surface area contributed by atoms with Gasteiger partial charge in [0, 0.05) is 19.3 Å². The van der Waals surface area contributed by atoms with Crippen molar-refractivity contribution in [1.82, 2.24) is 0 Å². The second kappa shape index (κ2) is 63.9. The molecule has 0 aliphatic rings. The van der Waals surface area contributed by atoms with Crippen LogP contribution in [-0.2, 0) is 28.6 Å². The molecule has 0 heterocycles. The molecule has 0 amide bonds. The molecule has 0 fully saturated rings. The van der Waals surface area contributed by atoms with Crippen molar-refractivity contribution in [2.75, 3.05) is 13.2 Å². The van der Waals surface area contributed by atoms with E-state index in [1.807, 2.05) is 0 Å². The maximum atomic E-state index is 12.9. The molecular weight excluding hydrogens is 925 g/mol. The van der Waals surface area contributed by atoms with Gasteiger partial charge >= 0.3 is 17.9 Å². The fraction of sp³-hybridized carbons (Fsp3) is 0.841. The van der Waals surface area contributed by atoms with Gasteiger partial charge in [-0.1, -0.05) is 307 Å². The average molecular weight is 1050 g/mol. The monoisotopic (exact) mass is 1050 g/mol. The molecule has 0 aromatic heterocycles. The Morgan fingerprint density at radius 1 is 0.267 bits per heavy atom. The summed E-state index contributed by atoms with van der Waals surface area (Å²) in [7, 11) is 0. The lowest BCUT2D eigenvalue weighted by molar-refractivity contribution is -0.167. The molecule has 0 spiro atoms. The van der Waals surface area contributed by atoms with Crippen LogP contribution >= 0.6 is 0 Å². The summed E-state index contributed by atoms with van der Waals surface area (Å²) in [6, 6.07) is 0. The first kappa shape index (κ1) is 72.4. The Balaban J connectivity index is 4.21. The van der Waals surface area contributed by atoms with Crippen LogP contribution in [0.25, 0.3) is 0 Å². The Bertz CT molecular complexity index is 1300. The predicted molar refractivity (Wildman–Crippen MR) is 325 cm³/mol. The third-order valence-corrected chi connectivity index (χ3v) is 14.8. The van der Waals surface area contributed by atoms with Crippen molar-refractivity contribution in [3.63, 3.8) is 0 Å². The molecular formula is C69H126O6. The van der Waals surface area contributed by atoms with Crippen LogP contribution in [0.5, 0.6) is 0 Å². The molecule has 0 radical (unpaired) electrons. The number of esters is 3. The molecule has 438 valence electrons. The number of carbonyl (C=O) groups is 3. The number of unbranched alkanes of at least 4 members (excludes halogenated alkanes) is 42. The van der Waals surface area contributed by atoms with E-state index in [0.29, 0.717) is 19.3 Å². The lowest BCUT2D eigenvalue weighted by atomic mass is 10.0. The quantitative estimate of drug-likeness (QED) is 0.0261. The standard InChI is InChI=1S/C69H126O6/c1-4-7-10-13-16-19-22-25-27-29-30-31-32-33-34-35-36-37-38-40-41-44-47-50-53-56-59-62-68(71)74-65-66(64-73-67(70)61-58-55-52-49-46-43-24-21-18-15-12-9-6-3)75-69(72)63-60-57-54-51-48-45-42-39-28-26-23-20-17-14-11-8-5-2/h12,15,17,20-21,24,26,28,66H,4-11,13-14,16,18-19,22-23,25,27,29-65H2,1-3H3/b15-12-,20-17-,24-21-,28-26-. The Labute approximate surface area is 467 Å². The topological polar surface area (TPSA) is 78.9 Å². The minimum Gasteiger partial charge on any atom is -0.462 e. The molecule has 0 aromatic carbocycles. The summed E-state index contributed by atoms with van der Waals surface area (Å²) in [4.78, 5) is 38.3. The van der Waals surface area contributed by atoms with Gasteiger partial charge in [-0.2, -0.15) is 0 Å². The summed E-state index contributed by atoms with van der Waals surface area (Å²) < 4.78 is 16.9. The van der Waals surface area contributed by atoms with Crippen LogP contribution < -0.4 is 0 Å². The number of carbonyl (C=O) groups excluding carboxylic acids is 3. The minimum atomic E-state index is -0.782. The van der Waals surface area contributed by atoms with Gasteiger partial charge in [0.25, 0.3) is 0 Å². The highest BCUT2D eigenvalue weighted by atomic mass is 16.6. The van der Waals surface area contributed by atoms with Gasteiger partial charge in [0.2, 0.25) is 0 Å². The van der Waals surface area contributed by atoms with E-state index >= 15 is 0 Å². The van der Waals surface area contributed by atoms with E-state index in [2.05, 4.69) is 69.4 Å².